The summed E-state index contributed by atoms with van der Waals surface area (Å²) in [7, 11) is 0. The van der Waals surface area contributed by atoms with Crippen molar-refractivity contribution >= 4 is 12.2 Å². The van der Waals surface area contributed by atoms with Gasteiger partial charge in [-0.25, -0.2) is 19.6 Å². The highest BCUT2D eigenvalue weighted by Gasteiger charge is 2.36. The number of amides is 2. The topological polar surface area (TPSA) is 116 Å². The van der Waals surface area contributed by atoms with Crippen molar-refractivity contribution in [3.8, 4) is 45.5 Å². The van der Waals surface area contributed by atoms with Crippen LogP contribution in [0.15, 0.2) is 85.2 Å². The molecule has 2 N–H and O–H groups in total. The maximum atomic E-state index is 12.8. The van der Waals surface area contributed by atoms with E-state index >= 15 is 0 Å². The van der Waals surface area contributed by atoms with Crippen molar-refractivity contribution in [3.63, 3.8) is 0 Å². The SMILES string of the molecule is CC(C)(C)OC(=O)N1CCCC1c1ncc(-c2ccc(-c3ccc(C#Cc4ccc(-c5cnc([C@@H]6CCCN6C(=O)OC(C)(C)C)[nH]5)cc4)cc3)cc2)[nH]1. The lowest BCUT2D eigenvalue weighted by Crippen LogP contribution is -2.36. The molecule has 0 bridgehead atoms. The quantitative estimate of drug-likeness (QED) is 0.174. The van der Waals surface area contributed by atoms with E-state index in [1.54, 1.807) is 9.80 Å². The Balaban J connectivity index is 0.957. The van der Waals surface area contributed by atoms with Crippen LogP contribution in [-0.4, -0.2) is 66.2 Å². The number of nitrogens with one attached hydrogen (secondary N) is 2. The van der Waals surface area contributed by atoms with Crippen molar-refractivity contribution in [2.24, 2.45) is 0 Å². The molecule has 2 aromatic heterocycles. The van der Waals surface area contributed by atoms with E-state index in [1.165, 1.54) is 0 Å². The number of nitrogens with zero attached hydrogens (tertiary/aromatic N) is 4. The van der Waals surface area contributed by atoms with Crippen LogP contribution >= 0.6 is 0 Å². The Morgan fingerprint density at radius 2 is 0.944 bits per heavy atom. The van der Waals surface area contributed by atoms with Crippen LogP contribution in [0.1, 0.15) is 102 Å². The number of hydrogen-bond acceptors (Lipinski definition) is 6. The van der Waals surface area contributed by atoms with Gasteiger partial charge in [0.15, 0.2) is 0 Å². The van der Waals surface area contributed by atoms with Crippen molar-refractivity contribution in [3.05, 3.63) is 108 Å². The van der Waals surface area contributed by atoms with E-state index in [0.717, 1.165) is 82.1 Å². The zero-order valence-electron chi connectivity index (χ0n) is 31.9. The van der Waals surface area contributed by atoms with Crippen molar-refractivity contribution in [2.75, 3.05) is 13.1 Å². The Labute approximate surface area is 317 Å². The molecule has 2 amide bonds. The van der Waals surface area contributed by atoms with Crippen LogP contribution in [0.4, 0.5) is 9.59 Å². The second kappa shape index (κ2) is 14.9. The van der Waals surface area contributed by atoms with Gasteiger partial charge in [0, 0.05) is 24.2 Å². The van der Waals surface area contributed by atoms with Crippen LogP contribution in [0.5, 0.6) is 0 Å². The average Bonchev–Trinajstić information content (AvgIpc) is 3.96. The molecule has 10 heteroatoms. The lowest BCUT2D eigenvalue weighted by molar-refractivity contribution is 0.0208. The Hall–Kier alpha value is -5.82. The van der Waals surface area contributed by atoms with E-state index in [-0.39, 0.29) is 24.3 Å². The first-order valence-electron chi connectivity index (χ1n) is 18.7. The molecule has 278 valence electrons. The molecule has 7 rings (SSSR count). The van der Waals surface area contributed by atoms with Gasteiger partial charge < -0.3 is 19.4 Å². The summed E-state index contributed by atoms with van der Waals surface area (Å²) >= 11 is 0. The van der Waals surface area contributed by atoms with Gasteiger partial charge in [0.1, 0.15) is 22.9 Å². The Kier molecular flexibility index (Phi) is 10.1. The minimum atomic E-state index is -0.541. The molecule has 0 spiro atoms. The predicted molar refractivity (Wildman–Crippen MR) is 209 cm³/mol. The molecule has 2 atom stereocenters. The molecular weight excluding hydrogens is 677 g/mol. The number of carbonyl (C=O) groups is 2. The van der Waals surface area contributed by atoms with Crippen LogP contribution in [0.2, 0.25) is 0 Å². The van der Waals surface area contributed by atoms with Gasteiger partial charge in [-0.05, 0) is 114 Å². The highest BCUT2D eigenvalue weighted by Crippen LogP contribution is 2.34. The molecule has 54 heavy (non-hydrogen) atoms. The first-order valence-corrected chi connectivity index (χ1v) is 18.7. The van der Waals surface area contributed by atoms with Gasteiger partial charge in [-0.15, -0.1) is 0 Å². The number of aromatic amines is 2. The molecular formula is C44H48N6O4. The molecule has 2 aliphatic heterocycles. The first kappa shape index (κ1) is 36.5. The molecule has 2 saturated heterocycles. The second-order valence-corrected chi connectivity index (χ2v) is 16.0. The fourth-order valence-electron chi connectivity index (χ4n) is 6.95. The molecule has 4 heterocycles. The minimum absolute atomic E-state index is 0.118. The Bertz CT molecular complexity index is 2160. The average molecular weight is 725 g/mol. The van der Waals surface area contributed by atoms with Gasteiger partial charge in [-0.2, -0.15) is 0 Å². The predicted octanol–water partition coefficient (Wildman–Crippen LogP) is 9.68. The highest BCUT2D eigenvalue weighted by molar-refractivity contribution is 5.71. The molecule has 10 nitrogen and oxygen atoms in total. The molecule has 5 aromatic rings. The minimum Gasteiger partial charge on any atom is -0.444 e. The highest BCUT2D eigenvalue weighted by atomic mass is 16.6. The van der Waals surface area contributed by atoms with Gasteiger partial charge in [0.25, 0.3) is 0 Å². The lowest BCUT2D eigenvalue weighted by atomic mass is 10.0. The van der Waals surface area contributed by atoms with Crippen LogP contribution < -0.4 is 0 Å². The fraction of sp³-hybridized carbons (Fsp3) is 0.364. The zero-order chi connectivity index (χ0) is 38.0. The van der Waals surface area contributed by atoms with Gasteiger partial charge in [0.05, 0.1) is 35.9 Å². The summed E-state index contributed by atoms with van der Waals surface area (Å²) in [5, 5.41) is 0. The second-order valence-electron chi connectivity index (χ2n) is 16.0. The van der Waals surface area contributed by atoms with Gasteiger partial charge in [-0.3, -0.25) is 9.80 Å². The molecule has 2 fully saturated rings. The third-order valence-electron chi connectivity index (χ3n) is 9.55. The van der Waals surface area contributed by atoms with Crippen molar-refractivity contribution in [1.82, 2.24) is 29.7 Å². The zero-order valence-corrected chi connectivity index (χ0v) is 31.9. The lowest BCUT2D eigenvalue weighted by Gasteiger charge is -2.27. The number of hydrogen-bond donors (Lipinski definition) is 2. The Morgan fingerprint density at radius 3 is 1.33 bits per heavy atom. The molecule has 0 radical (unpaired) electrons. The number of rotatable bonds is 5. The molecule has 2 aliphatic rings. The van der Waals surface area contributed by atoms with Crippen molar-refractivity contribution in [1.29, 1.82) is 0 Å². The molecule has 0 saturated carbocycles. The monoisotopic (exact) mass is 724 g/mol. The Morgan fingerprint density at radius 1 is 0.593 bits per heavy atom. The third kappa shape index (κ3) is 8.52. The summed E-state index contributed by atoms with van der Waals surface area (Å²) in [5.74, 6) is 8.12. The van der Waals surface area contributed by atoms with E-state index in [0.29, 0.717) is 13.1 Å². The number of imidazole rings is 2. The van der Waals surface area contributed by atoms with Crippen LogP contribution in [0.25, 0.3) is 33.6 Å². The van der Waals surface area contributed by atoms with Crippen molar-refractivity contribution in [2.45, 2.75) is 90.5 Å². The van der Waals surface area contributed by atoms with Gasteiger partial charge in [-0.1, -0.05) is 60.4 Å². The summed E-state index contributed by atoms with van der Waals surface area (Å²) in [6, 6.07) is 24.5. The third-order valence-corrected chi connectivity index (χ3v) is 9.55. The normalized spacial score (nSPS) is 17.3. The summed E-state index contributed by atoms with van der Waals surface area (Å²) in [5.41, 5.74) is 6.81. The van der Waals surface area contributed by atoms with E-state index in [2.05, 4.69) is 68.2 Å². The standard InChI is InChI=1S/C44H48N6O4/c1-43(2,3)53-41(51)49-25-7-9-37(49)39-45-27-35(47-39)33-19-15-30(16-20-33)12-11-29-13-17-31(18-14-29)32-21-23-34(24-22-32)36-28-46-40(48-36)38-10-8-26-50(38)42(52)54-44(4,5)6/h13-24,27-28,37-38H,7-10,25-26H2,1-6H3,(H,45,47)(H,46,48)/t37-,38?/m0/s1. The number of H-pyrrole nitrogens is 2. The molecule has 0 aliphatic carbocycles. The fourth-order valence-corrected chi connectivity index (χ4v) is 6.95. The van der Waals surface area contributed by atoms with Gasteiger partial charge in [0.2, 0.25) is 0 Å². The number of ether oxygens (including phenoxy) is 2. The van der Waals surface area contributed by atoms with Gasteiger partial charge >= 0.3 is 12.2 Å². The number of benzene rings is 3. The molecule has 3 aromatic carbocycles. The van der Waals surface area contributed by atoms with Crippen LogP contribution in [0, 0.1) is 11.8 Å². The first-order chi connectivity index (χ1) is 25.8. The maximum Gasteiger partial charge on any atom is 0.410 e. The van der Waals surface area contributed by atoms with Crippen molar-refractivity contribution < 1.29 is 19.1 Å². The summed E-state index contributed by atoms with van der Waals surface area (Å²) in [4.78, 5) is 45.3. The summed E-state index contributed by atoms with van der Waals surface area (Å²) < 4.78 is 11.3. The maximum absolute atomic E-state index is 12.8. The van der Waals surface area contributed by atoms with E-state index in [9.17, 15) is 9.59 Å². The van der Waals surface area contributed by atoms with E-state index in [1.807, 2.05) is 90.3 Å². The number of aromatic nitrogens is 4. The van der Waals surface area contributed by atoms with Crippen LogP contribution in [0.3, 0.4) is 0 Å². The smallest absolute Gasteiger partial charge is 0.410 e. The number of likely N-dealkylation sites (tertiary alicyclic amines) is 2. The van der Waals surface area contributed by atoms with E-state index < -0.39 is 11.2 Å². The number of carbonyl (C=O) groups excluding carboxylic acids is 2. The van der Waals surface area contributed by atoms with E-state index in [4.69, 9.17) is 9.47 Å². The summed E-state index contributed by atoms with van der Waals surface area (Å²) in [6.45, 7) is 12.6. The summed E-state index contributed by atoms with van der Waals surface area (Å²) in [6.07, 6.45) is 6.60. The largest absolute Gasteiger partial charge is 0.444 e. The molecule has 1 unspecified atom stereocenters. The van der Waals surface area contributed by atoms with Crippen LogP contribution in [-0.2, 0) is 9.47 Å².